The van der Waals surface area contributed by atoms with Crippen molar-refractivity contribution in [2.75, 3.05) is 0 Å². The lowest BCUT2D eigenvalue weighted by atomic mass is 10.1. The van der Waals surface area contributed by atoms with Crippen LogP contribution < -0.4 is 5.32 Å². The third-order valence-corrected chi connectivity index (χ3v) is 4.85. The molecule has 4 rings (SSSR count). The number of aryl methyl sites for hydroxylation is 2. The van der Waals surface area contributed by atoms with Crippen molar-refractivity contribution in [1.82, 2.24) is 14.8 Å². The van der Waals surface area contributed by atoms with Crippen LogP contribution in [0.2, 0.25) is 0 Å². The third-order valence-electron chi connectivity index (χ3n) is 4.85. The first kappa shape index (κ1) is 17.1. The van der Waals surface area contributed by atoms with Crippen molar-refractivity contribution in [3.05, 3.63) is 77.1 Å². The molecule has 2 heterocycles. The van der Waals surface area contributed by atoms with Crippen molar-refractivity contribution in [3.8, 4) is 0 Å². The number of hydrogen-bond donors (Lipinski definition) is 1. The number of para-hydroxylation sites is 1. The molecule has 27 heavy (non-hydrogen) atoms. The number of hydrogen-bond acceptors (Lipinski definition) is 2. The number of fused-ring (bicyclic) bond motifs is 1. The Balaban J connectivity index is 1.66. The second-order valence-corrected chi connectivity index (χ2v) is 6.76. The Morgan fingerprint density at radius 1 is 1.07 bits per heavy atom. The first-order chi connectivity index (χ1) is 13.1. The summed E-state index contributed by atoms with van der Waals surface area (Å²) < 4.78 is 2.13. The molecule has 0 atom stereocenters. The highest BCUT2D eigenvalue weighted by atomic mass is 16.2. The van der Waals surface area contributed by atoms with Crippen LogP contribution >= 0.6 is 0 Å². The van der Waals surface area contributed by atoms with E-state index in [-0.39, 0.29) is 18.5 Å². The lowest BCUT2D eigenvalue weighted by molar-refractivity contribution is -0.123. The van der Waals surface area contributed by atoms with Gasteiger partial charge in [0.15, 0.2) is 0 Å². The van der Waals surface area contributed by atoms with E-state index in [4.69, 9.17) is 0 Å². The van der Waals surface area contributed by atoms with Crippen molar-refractivity contribution in [3.63, 3.8) is 0 Å². The fourth-order valence-electron chi connectivity index (χ4n) is 3.52. The number of nitrogens with one attached hydrogen (secondary N) is 1. The predicted molar refractivity (Wildman–Crippen MR) is 106 cm³/mol. The van der Waals surface area contributed by atoms with Crippen LogP contribution in [-0.4, -0.2) is 21.4 Å². The number of rotatable bonds is 4. The van der Waals surface area contributed by atoms with Gasteiger partial charge in [-0.1, -0.05) is 48.0 Å². The maximum absolute atomic E-state index is 12.8. The zero-order valence-electron chi connectivity index (χ0n) is 15.4. The summed E-state index contributed by atoms with van der Waals surface area (Å²) in [5.41, 5.74) is 4.38. The Labute approximate surface area is 157 Å². The van der Waals surface area contributed by atoms with Crippen LogP contribution in [-0.2, 0) is 17.9 Å². The maximum atomic E-state index is 12.8. The minimum Gasteiger partial charge on any atom is -0.347 e. The number of nitrogens with zero attached hydrogens (tertiary/aromatic N) is 2. The lowest BCUT2D eigenvalue weighted by Crippen LogP contribution is -2.30. The van der Waals surface area contributed by atoms with E-state index in [9.17, 15) is 9.59 Å². The molecule has 0 saturated carbocycles. The average Bonchev–Trinajstić information content (AvgIpc) is 3.15. The van der Waals surface area contributed by atoms with Gasteiger partial charge in [0.1, 0.15) is 5.70 Å². The maximum Gasteiger partial charge on any atom is 0.329 e. The van der Waals surface area contributed by atoms with Gasteiger partial charge in [-0.15, -0.1) is 0 Å². The molecule has 5 nitrogen and oxygen atoms in total. The highest BCUT2D eigenvalue weighted by molar-refractivity contribution is 6.14. The summed E-state index contributed by atoms with van der Waals surface area (Å²) in [4.78, 5) is 26.4. The molecule has 0 spiro atoms. The summed E-state index contributed by atoms with van der Waals surface area (Å²) >= 11 is 0. The fourth-order valence-corrected chi connectivity index (χ4v) is 3.52. The third kappa shape index (κ3) is 3.12. The molecule has 1 fully saturated rings. The van der Waals surface area contributed by atoms with Gasteiger partial charge in [0, 0.05) is 29.2 Å². The van der Waals surface area contributed by atoms with Gasteiger partial charge < -0.3 is 9.88 Å². The molecule has 1 aliphatic heterocycles. The fraction of sp³-hybridized carbons (Fsp3) is 0.182. The Morgan fingerprint density at radius 2 is 1.89 bits per heavy atom. The van der Waals surface area contributed by atoms with Crippen LogP contribution in [0.4, 0.5) is 4.79 Å². The molecule has 0 aliphatic carbocycles. The van der Waals surface area contributed by atoms with E-state index < -0.39 is 0 Å². The zero-order valence-corrected chi connectivity index (χ0v) is 15.4. The largest absolute Gasteiger partial charge is 0.347 e. The van der Waals surface area contributed by atoms with Crippen molar-refractivity contribution in [2.45, 2.75) is 26.9 Å². The number of urea groups is 1. The minimum atomic E-state index is -0.382. The molecule has 5 heteroatoms. The van der Waals surface area contributed by atoms with Gasteiger partial charge in [-0.3, -0.25) is 9.69 Å². The molecule has 0 bridgehead atoms. The summed E-state index contributed by atoms with van der Waals surface area (Å²) in [7, 11) is 0. The Hall–Kier alpha value is -3.34. The first-order valence-electron chi connectivity index (χ1n) is 9.05. The molecule has 3 amide bonds. The molecule has 0 radical (unpaired) electrons. The van der Waals surface area contributed by atoms with Crippen LogP contribution in [0.5, 0.6) is 0 Å². The second-order valence-electron chi connectivity index (χ2n) is 6.76. The summed E-state index contributed by atoms with van der Waals surface area (Å²) in [6.07, 6.45) is 3.78. The Morgan fingerprint density at radius 3 is 2.67 bits per heavy atom. The van der Waals surface area contributed by atoms with Crippen LogP contribution in [0.25, 0.3) is 17.0 Å². The van der Waals surface area contributed by atoms with Gasteiger partial charge >= 0.3 is 6.03 Å². The zero-order chi connectivity index (χ0) is 19.0. The molecule has 136 valence electrons. The van der Waals surface area contributed by atoms with E-state index in [1.54, 1.807) is 6.08 Å². The Kier molecular flexibility index (Phi) is 4.28. The van der Waals surface area contributed by atoms with Crippen LogP contribution in [0, 0.1) is 6.92 Å². The molecule has 3 aromatic rings. The minimum absolute atomic E-state index is 0.264. The van der Waals surface area contributed by atoms with Crippen molar-refractivity contribution in [2.24, 2.45) is 0 Å². The number of imide groups is 1. The first-order valence-corrected chi connectivity index (χ1v) is 9.05. The predicted octanol–water partition coefficient (Wildman–Crippen LogP) is 4.06. The van der Waals surface area contributed by atoms with E-state index in [1.807, 2.05) is 55.6 Å². The van der Waals surface area contributed by atoms with Gasteiger partial charge in [-0.2, -0.15) is 0 Å². The summed E-state index contributed by atoms with van der Waals surface area (Å²) in [5.74, 6) is -0.296. The van der Waals surface area contributed by atoms with Crippen LogP contribution in [0.3, 0.4) is 0 Å². The second kappa shape index (κ2) is 6.76. The summed E-state index contributed by atoms with van der Waals surface area (Å²) in [6, 6.07) is 15.5. The molecular formula is C22H21N3O2. The topological polar surface area (TPSA) is 54.3 Å². The lowest BCUT2D eigenvalue weighted by Gasteiger charge is -2.12. The number of benzene rings is 2. The number of carbonyl (C=O) groups is 2. The summed E-state index contributed by atoms with van der Waals surface area (Å²) in [6.45, 7) is 5.17. The Bertz CT molecular complexity index is 1080. The molecule has 1 N–H and O–H groups in total. The number of aromatic nitrogens is 1. The molecule has 1 saturated heterocycles. The van der Waals surface area contributed by atoms with Crippen LogP contribution in [0.15, 0.2) is 60.4 Å². The quantitative estimate of drug-likeness (QED) is 0.564. The van der Waals surface area contributed by atoms with E-state index in [0.29, 0.717) is 5.70 Å². The van der Waals surface area contributed by atoms with Gasteiger partial charge in [-0.05, 0) is 31.6 Å². The monoisotopic (exact) mass is 359 g/mol. The highest BCUT2D eigenvalue weighted by Gasteiger charge is 2.33. The smallest absolute Gasteiger partial charge is 0.329 e. The van der Waals surface area contributed by atoms with Gasteiger partial charge in [0.25, 0.3) is 5.91 Å². The van der Waals surface area contributed by atoms with Gasteiger partial charge in [0.2, 0.25) is 0 Å². The van der Waals surface area contributed by atoms with E-state index in [2.05, 4.69) is 22.9 Å². The molecule has 0 unspecified atom stereocenters. The van der Waals surface area contributed by atoms with E-state index in [0.717, 1.165) is 34.1 Å². The van der Waals surface area contributed by atoms with E-state index in [1.165, 1.54) is 4.90 Å². The van der Waals surface area contributed by atoms with Crippen molar-refractivity contribution in [1.29, 1.82) is 0 Å². The van der Waals surface area contributed by atoms with Crippen LogP contribution in [0.1, 0.15) is 23.6 Å². The van der Waals surface area contributed by atoms with E-state index >= 15 is 0 Å². The standard InChI is InChI=1S/C22H21N3O2/c1-3-24-14-17(18-9-4-5-10-20(18)24)12-19-21(26)25(22(27)23-19)13-16-8-6-7-15(2)11-16/h4-12,14H,3,13H2,1-2H3,(H,23,27)/b19-12-. The summed E-state index contributed by atoms with van der Waals surface area (Å²) in [5, 5.41) is 3.78. The van der Waals surface area contributed by atoms with Gasteiger partial charge in [-0.25, -0.2) is 4.79 Å². The molecule has 1 aliphatic rings. The van der Waals surface area contributed by atoms with Crippen molar-refractivity contribution < 1.29 is 9.59 Å². The molecular weight excluding hydrogens is 338 g/mol. The molecule has 2 aromatic carbocycles. The number of amides is 3. The molecule has 1 aromatic heterocycles. The van der Waals surface area contributed by atoms with Crippen molar-refractivity contribution >= 4 is 28.9 Å². The average molecular weight is 359 g/mol. The number of carbonyl (C=O) groups excluding carboxylic acids is 2. The highest BCUT2D eigenvalue weighted by Crippen LogP contribution is 2.25. The SMILES string of the molecule is CCn1cc(/C=C2\NC(=O)N(Cc3cccc(C)c3)C2=O)c2ccccc21. The normalized spacial score (nSPS) is 15.8. The van der Waals surface area contributed by atoms with Gasteiger partial charge in [0.05, 0.1) is 6.54 Å².